The Balaban J connectivity index is 2.40. The van der Waals surface area contributed by atoms with E-state index < -0.39 is 5.67 Å². The molecule has 2 rings (SSSR count). The van der Waals surface area contributed by atoms with Gasteiger partial charge < -0.3 is 0 Å². The molecule has 0 saturated carbocycles. The van der Waals surface area contributed by atoms with Gasteiger partial charge in [-0.05, 0) is 29.9 Å². The second-order valence-electron chi connectivity index (χ2n) is 3.20. The first-order valence-corrected chi connectivity index (χ1v) is 4.38. The summed E-state index contributed by atoms with van der Waals surface area (Å²) in [6.45, 7) is 0. The highest BCUT2D eigenvalue weighted by molar-refractivity contribution is 6.00. The zero-order valence-electron chi connectivity index (χ0n) is 7.48. The lowest BCUT2D eigenvalue weighted by Gasteiger charge is -2.19. The van der Waals surface area contributed by atoms with Gasteiger partial charge in [-0.1, -0.05) is 30.3 Å². The van der Waals surface area contributed by atoms with Crippen LogP contribution in [0.1, 0.15) is 5.56 Å². The number of allylic oxidation sites excluding steroid dienone is 4. The SMILES string of the molecule is O=C1C=CC(F)(c2ccccc2)C=C1. The molecule has 0 bridgehead atoms. The Morgan fingerprint density at radius 3 is 2.14 bits per heavy atom. The van der Waals surface area contributed by atoms with E-state index in [2.05, 4.69) is 0 Å². The predicted octanol–water partition coefficient (Wildman–Crippen LogP) is 2.55. The standard InChI is InChI=1S/C12H9FO/c13-12(8-6-11(14)7-9-12)10-4-2-1-3-5-10/h1-9H. The van der Waals surface area contributed by atoms with Crippen LogP contribution < -0.4 is 0 Å². The van der Waals surface area contributed by atoms with Crippen LogP contribution in [0.2, 0.25) is 0 Å². The van der Waals surface area contributed by atoms with Gasteiger partial charge in [0, 0.05) is 0 Å². The Morgan fingerprint density at radius 1 is 1.00 bits per heavy atom. The van der Waals surface area contributed by atoms with Crippen LogP contribution >= 0.6 is 0 Å². The van der Waals surface area contributed by atoms with Crippen LogP contribution in [0.3, 0.4) is 0 Å². The molecule has 0 spiro atoms. The molecule has 0 atom stereocenters. The lowest BCUT2D eigenvalue weighted by Crippen LogP contribution is -2.17. The Morgan fingerprint density at radius 2 is 1.57 bits per heavy atom. The average Bonchev–Trinajstić information content (AvgIpc) is 2.24. The van der Waals surface area contributed by atoms with E-state index in [0.29, 0.717) is 5.56 Å². The van der Waals surface area contributed by atoms with E-state index in [9.17, 15) is 9.18 Å². The van der Waals surface area contributed by atoms with Crippen molar-refractivity contribution < 1.29 is 9.18 Å². The second kappa shape index (κ2) is 3.22. The van der Waals surface area contributed by atoms with Gasteiger partial charge in [-0.15, -0.1) is 0 Å². The summed E-state index contributed by atoms with van der Waals surface area (Å²) in [6, 6.07) is 8.77. The number of alkyl halides is 1. The molecule has 0 saturated heterocycles. The first-order chi connectivity index (χ1) is 6.71. The minimum Gasteiger partial charge on any atom is -0.290 e. The largest absolute Gasteiger partial charge is 0.290 e. The van der Waals surface area contributed by atoms with E-state index in [0.717, 1.165) is 0 Å². The first kappa shape index (κ1) is 8.88. The van der Waals surface area contributed by atoms with Crippen molar-refractivity contribution in [1.82, 2.24) is 0 Å². The number of ketones is 1. The van der Waals surface area contributed by atoms with Crippen LogP contribution in [0.25, 0.3) is 0 Å². The fourth-order valence-electron chi connectivity index (χ4n) is 1.40. The van der Waals surface area contributed by atoms with Gasteiger partial charge in [0.05, 0.1) is 0 Å². The molecule has 1 aromatic rings. The molecular weight excluding hydrogens is 179 g/mol. The zero-order chi connectivity index (χ0) is 10.0. The highest BCUT2D eigenvalue weighted by Gasteiger charge is 2.27. The quantitative estimate of drug-likeness (QED) is 0.661. The summed E-state index contributed by atoms with van der Waals surface area (Å²) < 4.78 is 14.2. The van der Waals surface area contributed by atoms with Crippen LogP contribution in [-0.2, 0) is 10.5 Å². The van der Waals surface area contributed by atoms with Gasteiger partial charge in [-0.25, -0.2) is 4.39 Å². The number of benzene rings is 1. The number of halogens is 1. The molecule has 0 fully saturated rings. The summed E-state index contributed by atoms with van der Waals surface area (Å²) in [4.78, 5) is 10.8. The summed E-state index contributed by atoms with van der Waals surface area (Å²) in [5.41, 5.74) is -1.09. The maximum atomic E-state index is 14.2. The first-order valence-electron chi connectivity index (χ1n) is 4.38. The Kier molecular flexibility index (Phi) is 2.04. The fourth-order valence-corrected chi connectivity index (χ4v) is 1.40. The Hall–Kier alpha value is -1.70. The second-order valence-corrected chi connectivity index (χ2v) is 3.20. The Labute approximate surface area is 81.6 Å². The third-order valence-electron chi connectivity index (χ3n) is 2.20. The van der Waals surface area contributed by atoms with Gasteiger partial charge in [0.25, 0.3) is 0 Å². The van der Waals surface area contributed by atoms with Crippen molar-refractivity contribution in [3.8, 4) is 0 Å². The van der Waals surface area contributed by atoms with Gasteiger partial charge in [0.15, 0.2) is 11.5 Å². The molecule has 14 heavy (non-hydrogen) atoms. The topological polar surface area (TPSA) is 17.1 Å². The number of rotatable bonds is 1. The molecule has 2 heteroatoms. The maximum Gasteiger partial charge on any atom is 0.178 e. The molecule has 0 unspecified atom stereocenters. The van der Waals surface area contributed by atoms with E-state index in [4.69, 9.17) is 0 Å². The van der Waals surface area contributed by atoms with Crippen molar-refractivity contribution >= 4 is 5.78 Å². The predicted molar refractivity (Wildman–Crippen MR) is 52.5 cm³/mol. The lowest BCUT2D eigenvalue weighted by molar-refractivity contribution is -0.110. The molecule has 1 aliphatic rings. The molecule has 70 valence electrons. The summed E-state index contributed by atoms with van der Waals surface area (Å²) in [7, 11) is 0. The highest BCUT2D eigenvalue weighted by Crippen LogP contribution is 2.31. The van der Waals surface area contributed by atoms with Gasteiger partial charge in [0.2, 0.25) is 0 Å². The van der Waals surface area contributed by atoms with Crippen LogP contribution in [0.4, 0.5) is 4.39 Å². The molecule has 0 N–H and O–H groups in total. The molecule has 1 aliphatic carbocycles. The minimum absolute atomic E-state index is 0.172. The van der Waals surface area contributed by atoms with Crippen LogP contribution in [0.15, 0.2) is 54.6 Å². The smallest absolute Gasteiger partial charge is 0.178 e. The summed E-state index contributed by atoms with van der Waals surface area (Å²) in [5.74, 6) is -0.172. The summed E-state index contributed by atoms with van der Waals surface area (Å²) in [5, 5.41) is 0. The number of hydrogen-bond donors (Lipinski definition) is 0. The van der Waals surface area contributed by atoms with E-state index in [1.54, 1.807) is 24.3 Å². The zero-order valence-corrected chi connectivity index (χ0v) is 7.48. The van der Waals surface area contributed by atoms with Crippen molar-refractivity contribution in [3.63, 3.8) is 0 Å². The van der Waals surface area contributed by atoms with Gasteiger partial charge >= 0.3 is 0 Å². The molecule has 0 aromatic heterocycles. The van der Waals surface area contributed by atoms with Gasteiger partial charge in [-0.2, -0.15) is 0 Å². The fraction of sp³-hybridized carbons (Fsp3) is 0.0833. The normalized spacial score (nSPS) is 18.5. The lowest BCUT2D eigenvalue weighted by atomic mass is 9.91. The maximum absolute atomic E-state index is 14.2. The van der Waals surface area contributed by atoms with E-state index >= 15 is 0 Å². The van der Waals surface area contributed by atoms with E-state index in [-0.39, 0.29) is 5.78 Å². The van der Waals surface area contributed by atoms with Crippen molar-refractivity contribution in [3.05, 3.63) is 60.2 Å². The number of carbonyl (C=O) groups is 1. The van der Waals surface area contributed by atoms with E-state index in [1.807, 2.05) is 6.07 Å². The van der Waals surface area contributed by atoms with Crippen molar-refractivity contribution in [2.24, 2.45) is 0 Å². The molecule has 0 radical (unpaired) electrons. The van der Waals surface area contributed by atoms with Crippen molar-refractivity contribution in [1.29, 1.82) is 0 Å². The molecule has 1 nitrogen and oxygen atoms in total. The third-order valence-corrected chi connectivity index (χ3v) is 2.20. The molecule has 1 aromatic carbocycles. The third kappa shape index (κ3) is 1.51. The Bertz CT molecular complexity index is 388. The molecule has 0 amide bonds. The van der Waals surface area contributed by atoms with Crippen LogP contribution in [-0.4, -0.2) is 5.78 Å². The van der Waals surface area contributed by atoms with Crippen LogP contribution in [0.5, 0.6) is 0 Å². The highest BCUT2D eigenvalue weighted by atomic mass is 19.1. The van der Waals surface area contributed by atoms with E-state index in [1.165, 1.54) is 24.3 Å². The van der Waals surface area contributed by atoms with Gasteiger partial charge in [0.1, 0.15) is 0 Å². The monoisotopic (exact) mass is 188 g/mol. The van der Waals surface area contributed by atoms with Crippen LogP contribution in [0, 0.1) is 0 Å². The number of hydrogen-bond acceptors (Lipinski definition) is 1. The minimum atomic E-state index is -1.63. The van der Waals surface area contributed by atoms with Crippen molar-refractivity contribution in [2.45, 2.75) is 5.67 Å². The average molecular weight is 188 g/mol. The summed E-state index contributed by atoms with van der Waals surface area (Å²) >= 11 is 0. The molecule has 0 aliphatic heterocycles. The van der Waals surface area contributed by atoms with Crippen molar-refractivity contribution in [2.75, 3.05) is 0 Å². The number of carbonyl (C=O) groups excluding carboxylic acids is 1. The summed E-state index contributed by atoms with van der Waals surface area (Å²) in [6.07, 6.45) is 5.08. The van der Waals surface area contributed by atoms with Gasteiger partial charge in [-0.3, -0.25) is 4.79 Å². The molecular formula is C12H9FO. The molecule has 0 heterocycles.